The van der Waals surface area contributed by atoms with Gasteiger partial charge >= 0.3 is 0 Å². The molecule has 0 saturated heterocycles. The van der Waals surface area contributed by atoms with E-state index in [4.69, 9.17) is 44.9 Å². The molecule has 0 spiro atoms. The van der Waals surface area contributed by atoms with Crippen molar-refractivity contribution in [2.75, 3.05) is 7.05 Å². The molecule has 2 heterocycles. The third-order valence-electron chi connectivity index (χ3n) is 5.34. The molecular weight excluding hydrogens is 455 g/mol. The van der Waals surface area contributed by atoms with Crippen molar-refractivity contribution in [3.63, 3.8) is 0 Å². The number of halogens is 3. The Morgan fingerprint density at radius 1 is 1.00 bits per heavy atom. The van der Waals surface area contributed by atoms with Crippen LogP contribution in [0.5, 0.6) is 0 Å². The monoisotopic (exact) mass is 474 g/mol. The van der Waals surface area contributed by atoms with Gasteiger partial charge in [0, 0.05) is 28.2 Å². The van der Waals surface area contributed by atoms with Gasteiger partial charge in [0.05, 0.1) is 16.4 Å². The number of hydrogen-bond acceptors (Lipinski definition) is 3. The maximum Gasteiger partial charge on any atom is 0.255 e. The lowest BCUT2D eigenvalue weighted by Crippen LogP contribution is -2.36. The molecule has 8 heteroatoms. The van der Waals surface area contributed by atoms with E-state index in [1.54, 1.807) is 42.6 Å². The van der Waals surface area contributed by atoms with Crippen LogP contribution in [0.15, 0.2) is 47.5 Å². The van der Waals surface area contributed by atoms with E-state index in [9.17, 15) is 4.79 Å². The Morgan fingerprint density at radius 2 is 1.65 bits per heavy atom. The molecule has 1 aliphatic rings. The summed E-state index contributed by atoms with van der Waals surface area (Å²) in [5.74, 6) is 0.475. The van der Waals surface area contributed by atoms with Crippen LogP contribution >= 0.6 is 34.8 Å². The quantitative estimate of drug-likeness (QED) is 0.460. The van der Waals surface area contributed by atoms with Crippen molar-refractivity contribution < 1.29 is 4.79 Å². The molecule has 0 fully saturated rings. The fourth-order valence-electron chi connectivity index (χ4n) is 3.80. The molecule has 0 saturated carbocycles. The minimum atomic E-state index is -0.836. The number of aromatic nitrogens is 2. The molecule has 5 nitrogen and oxygen atoms in total. The van der Waals surface area contributed by atoms with E-state index < -0.39 is 5.54 Å². The van der Waals surface area contributed by atoms with Crippen LogP contribution < -0.4 is 0 Å². The maximum absolute atomic E-state index is 12.7. The Morgan fingerprint density at radius 3 is 2.19 bits per heavy atom. The number of hydrogen-bond donors (Lipinski definition) is 0. The van der Waals surface area contributed by atoms with Gasteiger partial charge in [-0.3, -0.25) is 9.69 Å². The smallest absolute Gasteiger partial charge is 0.255 e. The first kappa shape index (κ1) is 21.9. The van der Waals surface area contributed by atoms with Crippen molar-refractivity contribution in [2.45, 2.75) is 32.7 Å². The third kappa shape index (κ3) is 3.75. The van der Waals surface area contributed by atoms with Crippen molar-refractivity contribution in [1.82, 2.24) is 14.7 Å². The van der Waals surface area contributed by atoms with Crippen molar-refractivity contribution in [3.05, 3.63) is 68.8 Å². The molecule has 2 aromatic carbocycles. The number of carbonyl (C=O) groups excluding carboxylic acids is 1. The molecule has 1 aromatic heterocycles. The Hall–Kier alpha value is -2.34. The zero-order valence-corrected chi connectivity index (χ0v) is 19.8. The van der Waals surface area contributed by atoms with Gasteiger partial charge in [-0.2, -0.15) is 5.10 Å². The predicted molar refractivity (Wildman–Crippen MR) is 127 cm³/mol. The topological polar surface area (TPSA) is 50.5 Å². The van der Waals surface area contributed by atoms with Crippen molar-refractivity contribution in [1.29, 1.82) is 0 Å². The molecule has 160 valence electrons. The lowest BCUT2D eigenvalue weighted by atomic mass is 10.0. The Balaban J connectivity index is 2.03. The molecule has 0 bridgehead atoms. The second-order valence-corrected chi connectivity index (χ2v) is 9.18. The molecule has 31 heavy (non-hydrogen) atoms. The van der Waals surface area contributed by atoms with Crippen LogP contribution in [0.1, 0.15) is 32.0 Å². The minimum Gasteiger partial charge on any atom is -0.296 e. The van der Waals surface area contributed by atoms with E-state index in [2.05, 4.69) is 6.92 Å². The Labute approximate surface area is 196 Å². The largest absolute Gasteiger partial charge is 0.296 e. The number of nitrogens with zero attached hydrogens (tertiary/aromatic N) is 4. The van der Waals surface area contributed by atoms with Gasteiger partial charge in [-0.1, -0.05) is 53.9 Å². The highest BCUT2D eigenvalue weighted by atomic mass is 35.5. The van der Waals surface area contributed by atoms with Crippen molar-refractivity contribution in [3.8, 4) is 16.9 Å². The molecule has 4 rings (SSSR count). The van der Waals surface area contributed by atoms with E-state index in [1.807, 2.05) is 30.3 Å². The summed E-state index contributed by atoms with van der Waals surface area (Å²) in [5.41, 5.74) is 3.26. The van der Waals surface area contributed by atoms with E-state index in [0.717, 1.165) is 16.8 Å². The summed E-state index contributed by atoms with van der Waals surface area (Å²) >= 11 is 18.8. The summed E-state index contributed by atoms with van der Waals surface area (Å²) in [6.07, 6.45) is 0.681. The molecule has 1 aliphatic heterocycles. The van der Waals surface area contributed by atoms with E-state index in [0.29, 0.717) is 38.7 Å². The molecular formula is C23H21Cl3N4O. The lowest BCUT2D eigenvalue weighted by molar-refractivity contribution is -0.129. The fourth-order valence-corrected chi connectivity index (χ4v) is 4.42. The second-order valence-electron chi connectivity index (χ2n) is 7.90. The highest BCUT2D eigenvalue weighted by Crippen LogP contribution is 2.35. The van der Waals surface area contributed by atoms with Gasteiger partial charge in [-0.05, 0) is 50.6 Å². The van der Waals surface area contributed by atoms with Crippen LogP contribution in [-0.2, 0) is 11.2 Å². The van der Waals surface area contributed by atoms with Crippen LogP contribution in [0.3, 0.4) is 0 Å². The van der Waals surface area contributed by atoms with E-state index in [1.165, 1.54) is 0 Å². The number of rotatable bonds is 4. The fraction of sp³-hybridized carbons (Fsp3) is 0.261. The molecule has 0 radical (unpaired) electrons. The Kier molecular flexibility index (Phi) is 5.63. The van der Waals surface area contributed by atoms with Crippen LogP contribution in [0.4, 0.5) is 0 Å². The number of carbonyl (C=O) groups is 1. The van der Waals surface area contributed by atoms with E-state index in [-0.39, 0.29) is 5.91 Å². The SMILES string of the molecule is CCc1c(C2=NC(C)(C)C(=O)N2C)nn(-c2ccc(Cl)cc2Cl)c1-c1ccc(Cl)cc1. The van der Waals surface area contributed by atoms with Crippen LogP contribution in [0.2, 0.25) is 15.1 Å². The average Bonchev–Trinajstić information content (AvgIpc) is 3.19. The standard InChI is InChI=1S/C23H21Cl3N4O/c1-5-16-19(21-27-23(2,3)22(31)29(21)4)28-30(18-11-10-15(25)12-17(18)26)20(16)13-6-8-14(24)9-7-13/h6-12H,5H2,1-4H3. The highest BCUT2D eigenvalue weighted by Gasteiger charge is 2.41. The van der Waals surface area contributed by atoms with Crippen LogP contribution in [-0.4, -0.2) is 39.0 Å². The third-order valence-corrected chi connectivity index (χ3v) is 6.13. The van der Waals surface area contributed by atoms with Crippen molar-refractivity contribution in [2.24, 2.45) is 4.99 Å². The van der Waals surface area contributed by atoms with Gasteiger partial charge in [0.15, 0.2) is 5.84 Å². The maximum atomic E-state index is 12.7. The van der Waals surface area contributed by atoms with Crippen molar-refractivity contribution >= 4 is 46.5 Å². The van der Waals surface area contributed by atoms with Gasteiger partial charge in [-0.25, -0.2) is 9.67 Å². The zero-order chi connectivity index (χ0) is 22.5. The van der Waals surface area contributed by atoms with Gasteiger partial charge in [-0.15, -0.1) is 0 Å². The minimum absolute atomic E-state index is 0.0725. The lowest BCUT2D eigenvalue weighted by Gasteiger charge is -2.14. The summed E-state index contributed by atoms with van der Waals surface area (Å²) < 4.78 is 1.79. The summed E-state index contributed by atoms with van der Waals surface area (Å²) in [7, 11) is 1.73. The van der Waals surface area contributed by atoms with Gasteiger partial charge < -0.3 is 0 Å². The summed E-state index contributed by atoms with van der Waals surface area (Å²) in [5, 5.41) is 6.56. The average molecular weight is 476 g/mol. The van der Waals surface area contributed by atoms with Crippen LogP contribution in [0, 0.1) is 0 Å². The van der Waals surface area contributed by atoms with Gasteiger partial charge in [0.1, 0.15) is 11.2 Å². The molecule has 0 N–H and O–H groups in total. The molecule has 0 unspecified atom stereocenters. The molecule has 0 atom stereocenters. The first-order valence-electron chi connectivity index (χ1n) is 9.85. The molecule has 3 aromatic rings. The summed E-state index contributed by atoms with van der Waals surface area (Å²) in [4.78, 5) is 19.0. The summed E-state index contributed by atoms with van der Waals surface area (Å²) in [6, 6.07) is 12.8. The van der Waals surface area contributed by atoms with Gasteiger partial charge in [0.25, 0.3) is 5.91 Å². The number of amidine groups is 1. The number of likely N-dealkylation sites (N-methyl/N-ethyl adjacent to an activating group) is 1. The van der Waals surface area contributed by atoms with Gasteiger partial charge in [0.2, 0.25) is 0 Å². The summed E-state index contributed by atoms with van der Waals surface area (Å²) in [6.45, 7) is 5.66. The number of aliphatic imine (C=N–C) groups is 1. The first-order valence-corrected chi connectivity index (χ1v) is 11.0. The highest BCUT2D eigenvalue weighted by molar-refractivity contribution is 6.35. The zero-order valence-electron chi connectivity index (χ0n) is 17.6. The predicted octanol–water partition coefficient (Wildman–Crippen LogP) is 6.06. The molecule has 0 aliphatic carbocycles. The van der Waals surface area contributed by atoms with E-state index >= 15 is 0 Å². The normalized spacial score (nSPS) is 15.5. The number of amides is 1. The Bertz CT molecular complexity index is 1210. The first-order chi connectivity index (χ1) is 14.6. The number of benzene rings is 2. The molecule has 1 amide bonds. The van der Waals surface area contributed by atoms with Crippen LogP contribution in [0.25, 0.3) is 16.9 Å². The second kappa shape index (κ2) is 7.97.